The van der Waals surface area contributed by atoms with Crippen molar-refractivity contribution in [2.24, 2.45) is 0 Å². The second-order valence-electron chi connectivity index (χ2n) is 0. The normalized spacial score (nSPS) is 0. The van der Waals surface area contributed by atoms with Gasteiger partial charge in [0.15, 0.2) is 0 Å². The summed E-state index contributed by atoms with van der Waals surface area (Å²) in [5.74, 6) is 0. The smallest absolute Gasteiger partial charge is 2.00 e. The van der Waals surface area contributed by atoms with Gasteiger partial charge in [0, 0.05) is 37.1 Å². The predicted octanol–water partition coefficient (Wildman–Crippen LogP) is -1.08. The van der Waals surface area contributed by atoms with Crippen LogP contribution in [0.5, 0.6) is 0 Å². The summed E-state index contributed by atoms with van der Waals surface area (Å²) in [5, 5.41) is 0. The first-order valence-corrected chi connectivity index (χ1v) is 0. The molecule has 0 rings (SSSR count). The van der Waals surface area contributed by atoms with Crippen LogP contribution in [0, 0.1) is 0 Å². The molecule has 0 bridgehead atoms. The number of hydrogen-bond acceptors (Lipinski definition) is 0. The fraction of sp³-hybridized carbons (Fsp3) is 0. The fourth-order valence-electron chi connectivity index (χ4n) is 0. The molecule has 15 heteroatoms. The van der Waals surface area contributed by atoms with Gasteiger partial charge < -0.3 is 49.3 Å². The van der Waals surface area contributed by atoms with Crippen molar-refractivity contribution in [1.29, 1.82) is 0 Å². The fourth-order valence-corrected chi connectivity index (χ4v) is 0. The first kappa shape index (κ1) is 638. The molecule has 0 aliphatic rings. The molecule has 0 saturated heterocycles. The van der Waals surface area contributed by atoms with Gasteiger partial charge in [0.05, 0.1) is 0 Å². The van der Waals surface area contributed by atoms with Crippen LogP contribution in [0.1, 0.15) is 0 Å². The van der Waals surface area contributed by atoms with Gasteiger partial charge in [-0.2, -0.15) is 0 Å². The van der Waals surface area contributed by atoms with Crippen LogP contribution in [0.15, 0.2) is 0 Å². The van der Waals surface area contributed by atoms with E-state index in [0.717, 1.165) is 0 Å². The van der Waals surface area contributed by atoms with Crippen molar-refractivity contribution in [2.45, 2.75) is 0 Å². The monoisotopic (exact) mass is 480 g/mol. The van der Waals surface area contributed by atoms with Crippen molar-refractivity contribution in [1.82, 2.24) is 0 Å². The Balaban J connectivity index is 0. The maximum atomic E-state index is 0. The van der Waals surface area contributed by atoms with Gasteiger partial charge in [-0.25, -0.2) is 0 Å². The zero-order valence-corrected chi connectivity index (χ0v) is 12.7. The molecule has 15 heavy (non-hydrogen) atoms. The largest absolute Gasteiger partial charge is 2.00 e. The molecular weight excluding hydrogens is 481 g/mol. The van der Waals surface area contributed by atoms with E-state index >= 15 is 0 Å². The SMILES string of the molecule is [Co+2].[Co+2].[Ni+2].[Ni+2].[O-2].[O-2].[O-2].[O-2].[O-2].[O-2].[O-2].[O-2].[O-2].[V].[V]. The van der Waals surface area contributed by atoms with Crippen LogP contribution >= 0.6 is 0 Å². The Kier molecular flexibility index (Phi) is 22600. The quantitative estimate of drug-likeness (QED) is 0.374. The van der Waals surface area contributed by atoms with Crippen LogP contribution < -0.4 is 0 Å². The van der Waals surface area contributed by atoms with Crippen LogP contribution in [0.2, 0.25) is 0 Å². The molecular formula is Co2Ni2O9V2-10. The molecule has 0 spiro atoms. The molecule has 0 heterocycles. The van der Waals surface area contributed by atoms with Crippen LogP contribution in [0.3, 0.4) is 0 Å². The van der Waals surface area contributed by atoms with Gasteiger partial charge in [-0.3, -0.25) is 0 Å². The zero-order chi connectivity index (χ0) is 0. The minimum atomic E-state index is 0. The van der Waals surface area contributed by atoms with Crippen molar-refractivity contribution in [3.8, 4) is 0 Å². The second-order valence-corrected chi connectivity index (χ2v) is 0. The van der Waals surface area contributed by atoms with E-state index in [1.807, 2.05) is 0 Å². The standard InChI is InChI=1S/2Co.2Ni.9O.2V/q4*+2;9*-2;;. The Morgan fingerprint density at radius 2 is 0.267 bits per heavy atom. The van der Waals surface area contributed by atoms with E-state index in [9.17, 15) is 0 Å². The average Bonchev–Trinajstić information content (AvgIpc) is 0. The maximum absolute atomic E-state index is 0. The Hall–Kier alpha value is 2.81. The van der Waals surface area contributed by atoms with E-state index < -0.39 is 0 Å². The molecule has 112 valence electrons. The van der Waals surface area contributed by atoms with E-state index in [1.165, 1.54) is 0 Å². The van der Waals surface area contributed by atoms with E-state index in [-0.39, 0.29) is 153 Å². The predicted molar refractivity (Wildman–Crippen MR) is 6.18 cm³/mol. The Labute approximate surface area is 151 Å². The molecule has 0 aromatic heterocycles. The topological polar surface area (TPSA) is 256 Å². The second kappa shape index (κ2) is 532. The molecule has 0 aliphatic carbocycles. The van der Waals surface area contributed by atoms with E-state index in [2.05, 4.69) is 0 Å². The van der Waals surface area contributed by atoms with Gasteiger partial charge in [0.2, 0.25) is 0 Å². The third-order valence-electron chi connectivity index (χ3n) is 0. The molecule has 0 saturated carbocycles. The van der Waals surface area contributed by atoms with Crippen molar-refractivity contribution < 1.29 is 153 Å². The third-order valence-corrected chi connectivity index (χ3v) is 0. The van der Waals surface area contributed by atoms with Crippen molar-refractivity contribution >= 4 is 0 Å². The minimum absolute atomic E-state index is 0. The van der Waals surface area contributed by atoms with Gasteiger partial charge in [0.25, 0.3) is 0 Å². The van der Waals surface area contributed by atoms with Crippen LogP contribution in [-0.2, 0) is 153 Å². The van der Waals surface area contributed by atoms with E-state index in [4.69, 9.17) is 0 Å². The average molecular weight is 481 g/mol. The minimum Gasteiger partial charge on any atom is -2.00 e. The first-order chi connectivity index (χ1) is 0. The van der Waals surface area contributed by atoms with Gasteiger partial charge in [-0.1, -0.05) is 0 Å². The molecule has 0 aliphatic heterocycles. The van der Waals surface area contributed by atoms with E-state index in [0.29, 0.717) is 0 Å². The Morgan fingerprint density at radius 3 is 0.267 bits per heavy atom. The molecule has 0 unspecified atom stereocenters. The summed E-state index contributed by atoms with van der Waals surface area (Å²) < 4.78 is 0. The zero-order valence-electron chi connectivity index (χ0n) is 5.87. The molecule has 9 nitrogen and oxygen atoms in total. The maximum Gasteiger partial charge on any atom is 2.00 e. The van der Waals surface area contributed by atoms with Crippen molar-refractivity contribution in [2.75, 3.05) is 0 Å². The van der Waals surface area contributed by atoms with E-state index in [1.54, 1.807) is 0 Å². The summed E-state index contributed by atoms with van der Waals surface area (Å²) in [5.41, 5.74) is 0. The summed E-state index contributed by atoms with van der Waals surface area (Å²) in [7, 11) is 0. The summed E-state index contributed by atoms with van der Waals surface area (Å²) in [6.45, 7) is 0. The third kappa shape index (κ3) is 467. The molecule has 0 aromatic carbocycles. The van der Waals surface area contributed by atoms with Gasteiger partial charge in [-0.05, 0) is 0 Å². The van der Waals surface area contributed by atoms with Gasteiger partial charge in [0.1, 0.15) is 0 Å². The van der Waals surface area contributed by atoms with Gasteiger partial charge in [-0.15, -0.1) is 0 Å². The molecule has 0 aromatic rings. The summed E-state index contributed by atoms with van der Waals surface area (Å²) in [6, 6.07) is 0. The summed E-state index contributed by atoms with van der Waals surface area (Å²) in [6.07, 6.45) is 0. The van der Waals surface area contributed by atoms with Crippen molar-refractivity contribution in [3.05, 3.63) is 0 Å². The van der Waals surface area contributed by atoms with Gasteiger partial charge >= 0.3 is 66.5 Å². The molecule has 4 radical (unpaired) electrons. The Bertz CT molecular complexity index is 24.1. The first-order valence-electron chi connectivity index (χ1n) is 0. The summed E-state index contributed by atoms with van der Waals surface area (Å²) >= 11 is 0. The summed E-state index contributed by atoms with van der Waals surface area (Å²) in [4.78, 5) is 0. The van der Waals surface area contributed by atoms with Crippen LogP contribution in [-0.4, -0.2) is 0 Å². The molecule has 0 amide bonds. The molecule has 0 fully saturated rings. The number of hydrogen-bond donors (Lipinski definition) is 0. The van der Waals surface area contributed by atoms with Crippen LogP contribution in [0.4, 0.5) is 0 Å². The van der Waals surface area contributed by atoms with Crippen molar-refractivity contribution in [3.63, 3.8) is 0 Å². The molecule has 0 atom stereocenters. The van der Waals surface area contributed by atoms with Crippen LogP contribution in [0.25, 0.3) is 0 Å². The molecule has 0 N–H and O–H groups in total. The Morgan fingerprint density at radius 1 is 0.267 bits per heavy atom. The number of rotatable bonds is 0.